The van der Waals surface area contributed by atoms with Gasteiger partial charge < -0.3 is 9.64 Å². The number of carbonyl (C=O) groups is 2. The predicted octanol–water partition coefficient (Wildman–Crippen LogP) is 5.55. The SMILES string of the molecule is COC(=O)CC[C@H]1CC[C@H](N2CCN(c3ccc4c(c3)CCN(CC=Cc3ccccc3)CC4)C2=O)CC1. The van der Waals surface area contributed by atoms with Gasteiger partial charge in [0, 0.05) is 50.9 Å². The maximum Gasteiger partial charge on any atom is 0.324 e. The Morgan fingerprint density at radius 2 is 1.71 bits per heavy atom. The number of ether oxygens (including phenoxy) is 1. The first-order chi connectivity index (χ1) is 18.6. The number of hydrogen-bond donors (Lipinski definition) is 0. The maximum absolute atomic E-state index is 13.4. The quantitative estimate of drug-likeness (QED) is 0.432. The molecule has 0 atom stereocenters. The van der Waals surface area contributed by atoms with Crippen molar-refractivity contribution in [2.24, 2.45) is 5.92 Å². The third kappa shape index (κ3) is 6.47. The van der Waals surface area contributed by atoms with E-state index in [-0.39, 0.29) is 12.0 Å². The van der Waals surface area contributed by atoms with Crippen LogP contribution in [0.25, 0.3) is 6.08 Å². The standard InChI is InChI=1S/C32H41N3O3/c1-38-31(36)16-11-26-9-13-29(14-10-26)34-22-23-35(32(34)37)30-15-12-27-17-20-33(21-18-28(27)24-30)19-5-8-25-6-3-2-4-7-25/h2-8,12,15,24,26,29H,9-11,13-14,16-23H2,1H3/t26-,29-. The zero-order valence-corrected chi connectivity index (χ0v) is 22.7. The van der Waals surface area contributed by atoms with Crippen LogP contribution in [0.2, 0.25) is 0 Å². The van der Waals surface area contributed by atoms with Gasteiger partial charge in [0.15, 0.2) is 0 Å². The summed E-state index contributed by atoms with van der Waals surface area (Å²) in [6.07, 6.45) is 12.2. The summed E-state index contributed by atoms with van der Waals surface area (Å²) < 4.78 is 4.79. The minimum atomic E-state index is -0.120. The molecule has 6 heteroatoms. The van der Waals surface area contributed by atoms with Crippen molar-refractivity contribution in [2.45, 2.75) is 57.4 Å². The number of nitrogens with zero attached hydrogens (tertiary/aromatic N) is 3. The smallest absolute Gasteiger partial charge is 0.324 e. The Labute approximate surface area is 227 Å². The van der Waals surface area contributed by atoms with E-state index in [1.807, 2.05) is 11.0 Å². The predicted molar refractivity (Wildman–Crippen MR) is 152 cm³/mol. The largest absolute Gasteiger partial charge is 0.469 e. The van der Waals surface area contributed by atoms with Crippen LogP contribution in [0.5, 0.6) is 0 Å². The zero-order chi connectivity index (χ0) is 26.3. The minimum absolute atomic E-state index is 0.120. The number of carbonyl (C=O) groups excluding carboxylic acids is 2. The van der Waals surface area contributed by atoms with Gasteiger partial charge in [-0.05, 0) is 79.7 Å². The summed E-state index contributed by atoms with van der Waals surface area (Å²) in [6, 6.07) is 17.6. The molecule has 0 bridgehead atoms. The molecule has 38 heavy (non-hydrogen) atoms. The van der Waals surface area contributed by atoms with Crippen LogP contribution < -0.4 is 4.90 Å². The first kappa shape index (κ1) is 26.5. The van der Waals surface area contributed by atoms with Gasteiger partial charge in [-0.15, -0.1) is 0 Å². The van der Waals surface area contributed by atoms with E-state index in [9.17, 15) is 9.59 Å². The summed E-state index contributed by atoms with van der Waals surface area (Å²) in [7, 11) is 1.45. The number of amides is 2. The Hall–Kier alpha value is -3.12. The fourth-order valence-corrected chi connectivity index (χ4v) is 6.31. The molecule has 2 amide bonds. The van der Waals surface area contributed by atoms with Crippen LogP contribution in [0, 0.1) is 5.92 Å². The zero-order valence-electron chi connectivity index (χ0n) is 22.7. The number of urea groups is 1. The number of hydrogen-bond acceptors (Lipinski definition) is 4. The number of benzene rings is 2. The van der Waals surface area contributed by atoms with Crippen LogP contribution in [0.1, 0.15) is 55.2 Å². The van der Waals surface area contributed by atoms with Gasteiger partial charge in [0.25, 0.3) is 0 Å². The summed E-state index contributed by atoms with van der Waals surface area (Å²) in [5, 5.41) is 0. The molecule has 2 heterocycles. The van der Waals surface area contributed by atoms with Crippen LogP contribution in [0.4, 0.5) is 10.5 Å². The highest BCUT2D eigenvalue weighted by atomic mass is 16.5. The topological polar surface area (TPSA) is 53.1 Å². The average molecular weight is 516 g/mol. The Morgan fingerprint density at radius 1 is 0.947 bits per heavy atom. The maximum atomic E-state index is 13.4. The van der Waals surface area contributed by atoms with Crippen LogP contribution in [0.15, 0.2) is 54.6 Å². The molecule has 0 radical (unpaired) electrons. The van der Waals surface area contributed by atoms with Gasteiger partial charge in [0.1, 0.15) is 0 Å². The van der Waals surface area contributed by atoms with E-state index in [1.54, 1.807) is 0 Å². The molecule has 0 N–H and O–H groups in total. The van der Waals surface area contributed by atoms with Gasteiger partial charge >= 0.3 is 12.0 Å². The van der Waals surface area contributed by atoms with Gasteiger partial charge in [-0.1, -0.05) is 48.6 Å². The van der Waals surface area contributed by atoms with Crippen LogP contribution in [-0.4, -0.2) is 67.7 Å². The molecule has 6 nitrogen and oxygen atoms in total. The van der Waals surface area contributed by atoms with E-state index >= 15 is 0 Å². The van der Waals surface area contributed by atoms with E-state index in [2.05, 4.69) is 64.4 Å². The van der Waals surface area contributed by atoms with E-state index < -0.39 is 0 Å². The fourth-order valence-electron chi connectivity index (χ4n) is 6.31. The second kappa shape index (κ2) is 12.6. The molecular formula is C32H41N3O3. The minimum Gasteiger partial charge on any atom is -0.469 e. The molecule has 3 aliphatic rings. The summed E-state index contributed by atoms with van der Waals surface area (Å²) in [6.45, 7) is 4.62. The second-order valence-corrected chi connectivity index (χ2v) is 11.0. The molecule has 0 aromatic heterocycles. The summed E-state index contributed by atoms with van der Waals surface area (Å²) in [4.78, 5) is 31.5. The molecule has 1 saturated heterocycles. The van der Waals surface area contributed by atoms with Crippen molar-refractivity contribution in [3.8, 4) is 0 Å². The molecule has 2 fully saturated rings. The highest BCUT2D eigenvalue weighted by Crippen LogP contribution is 2.33. The average Bonchev–Trinajstić information content (AvgIpc) is 3.22. The highest BCUT2D eigenvalue weighted by molar-refractivity contribution is 5.94. The Balaban J connectivity index is 1.13. The highest BCUT2D eigenvalue weighted by Gasteiger charge is 2.36. The van der Waals surface area contributed by atoms with Gasteiger partial charge in [0.2, 0.25) is 0 Å². The molecule has 2 aromatic carbocycles. The molecule has 0 spiro atoms. The van der Waals surface area contributed by atoms with Gasteiger partial charge in [-0.3, -0.25) is 14.6 Å². The van der Waals surface area contributed by atoms with Crippen molar-refractivity contribution in [3.05, 3.63) is 71.3 Å². The monoisotopic (exact) mass is 515 g/mol. The first-order valence-corrected chi connectivity index (χ1v) is 14.3. The van der Waals surface area contributed by atoms with E-state index in [0.717, 1.165) is 83.4 Å². The Bertz CT molecular complexity index is 1120. The molecule has 1 saturated carbocycles. The lowest BCUT2D eigenvalue weighted by molar-refractivity contribution is -0.141. The number of esters is 1. The van der Waals surface area contributed by atoms with E-state index in [4.69, 9.17) is 4.74 Å². The lowest BCUT2D eigenvalue weighted by Gasteiger charge is -2.34. The van der Waals surface area contributed by atoms with Crippen molar-refractivity contribution in [2.75, 3.05) is 44.7 Å². The molecule has 202 valence electrons. The normalized spacial score (nSPS) is 22.5. The van der Waals surface area contributed by atoms with Crippen molar-refractivity contribution < 1.29 is 14.3 Å². The fraction of sp³-hybridized carbons (Fsp3) is 0.500. The lowest BCUT2D eigenvalue weighted by atomic mass is 9.83. The van der Waals surface area contributed by atoms with E-state index in [1.165, 1.54) is 23.8 Å². The molecule has 5 rings (SSSR count). The van der Waals surface area contributed by atoms with Crippen molar-refractivity contribution >= 4 is 23.8 Å². The van der Waals surface area contributed by atoms with Gasteiger partial charge in [-0.25, -0.2) is 4.79 Å². The van der Waals surface area contributed by atoms with Crippen LogP contribution in [-0.2, 0) is 22.4 Å². The molecule has 0 unspecified atom stereocenters. The lowest BCUT2D eigenvalue weighted by Crippen LogP contribution is -2.41. The molecule has 1 aliphatic carbocycles. The number of anilines is 1. The Morgan fingerprint density at radius 3 is 2.47 bits per heavy atom. The summed E-state index contributed by atoms with van der Waals surface area (Å²) in [5.41, 5.74) is 5.08. The molecule has 2 aromatic rings. The van der Waals surface area contributed by atoms with E-state index in [0.29, 0.717) is 18.4 Å². The third-order valence-electron chi connectivity index (χ3n) is 8.65. The van der Waals surface area contributed by atoms with Gasteiger partial charge in [-0.2, -0.15) is 0 Å². The van der Waals surface area contributed by atoms with Crippen molar-refractivity contribution in [1.82, 2.24) is 9.80 Å². The number of rotatable bonds is 8. The molecule has 2 aliphatic heterocycles. The number of methoxy groups -OCH3 is 1. The third-order valence-corrected chi connectivity index (χ3v) is 8.65. The van der Waals surface area contributed by atoms with Gasteiger partial charge in [0.05, 0.1) is 7.11 Å². The summed E-state index contributed by atoms with van der Waals surface area (Å²) >= 11 is 0. The van der Waals surface area contributed by atoms with Crippen LogP contribution in [0.3, 0.4) is 0 Å². The molecular weight excluding hydrogens is 474 g/mol. The first-order valence-electron chi connectivity index (χ1n) is 14.3. The summed E-state index contributed by atoms with van der Waals surface area (Å²) in [5.74, 6) is 0.447. The van der Waals surface area contributed by atoms with Crippen LogP contribution >= 0.6 is 0 Å². The van der Waals surface area contributed by atoms with Crippen molar-refractivity contribution in [1.29, 1.82) is 0 Å². The Kier molecular flexibility index (Phi) is 8.79. The number of fused-ring (bicyclic) bond motifs is 1. The van der Waals surface area contributed by atoms with Crippen molar-refractivity contribution in [3.63, 3.8) is 0 Å². The second-order valence-electron chi connectivity index (χ2n) is 11.0.